The second-order valence-corrected chi connectivity index (χ2v) is 6.30. The molecule has 110 valence electrons. The van der Waals surface area contributed by atoms with Crippen molar-refractivity contribution in [1.29, 1.82) is 0 Å². The summed E-state index contributed by atoms with van der Waals surface area (Å²) in [5, 5.41) is 0.678. The summed E-state index contributed by atoms with van der Waals surface area (Å²) in [6.45, 7) is 4.77. The molecule has 3 heteroatoms. The van der Waals surface area contributed by atoms with Gasteiger partial charge in [-0.15, -0.1) is 0 Å². The molecule has 1 saturated carbocycles. The minimum Gasteiger partial charge on any atom is -0.367 e. The second kappa shape index (κ2) is 6.73. The van der Waals surface area contributed by atoms with E-state index in [-0.39, 0.29) is 5.78 Å². The quantitative estimate of drug-likeness (QED) is 0.802. The van der Waals surface area contributed by atoms with Crippen molar-refractivity contribution < 1.29 is 9.53 Å². The zero-order chi connectivity index (χ0) is 14.6. The Labute approximate surface area is 126 Å². The van der Waals surface area contributed by atoms with Gasteiger partial charge in [0, 0.05) is 18.1 Å². The number of Topliss-reactive ketones (excluding diaryl/α,β-unsaturated/α-hetero) is 1. The summed E-state index contributed by atoms with van der Waals surface area (Å²) in [4.78, 5) is 12.8. The molecule has 1 aliphatic carbocycles. The number of ketones is 1. The molecule has 0 N–H and O–H groups in total. The Balaban J connectivity index is 2.14. The van der Waals surface area contributed by atoms with E-state index < -0.39 is 5.60 Å². The van der Waals surface area contributed by atoms with Gasteiger partial charge in [0.15, 0.2) is 5.78 Å². The van der Waals surface area contributed by atoms with Crippen LogP contribution >= 0.6 is 11.6 Å². The van der Waals surface area contributed by atoms with Gasteiger partial charge in [-0.05, 0) is 49.8 Å². The molecule has 0 heterocycles. The number of benzene rings is 1. The zero-order valence-electron chi connectivity index (χ0n) is 12.3. The lowest BCUT2D eigenvalue weighted by atomic mass is 9.75. The molecular formula is C17H23ClO2. The minimum atomic E-state index is -0.575. The molecular weight excluding hydrogens is 272 g/mol. The van der Waals surface area contributed by atoms with Crippen LogP contribution in [0.15, 0.2) is 24.3 Å². The van der Waals surface area contributed by atoms with E-state index in [0.29, 0.717) is 24.0 Å². The molecule has 2 unspecified atom stereocenters. The van der Waals surface area contributed by atoms with Crippen molar-refractivity contribution in [2.75, 3.05) is 6.61 Å². The highest BCUT2D eigenvalue weighted by Gasteiger charge is 2.41. The van der Waals surface area contributed by atoms with Gasteiger partial charge in [-0.25, -0.2) is 0 Å². The van der Waals surface area contributed by atoms with E-state index in [1.807, 2.05) is 31.2 Å². The van der Waals surface area contributed by atoms with Crippen LogP contribution in [0.4, 0.5) is 0 Å². The molecule has 1 fully saturated rings. The molecule has 0 spiro atoms. The summed E-state index contributed by atoms with van der Waals surface area (Å²) in [6, 6.07) is 7.54. The molecule has 0 saturated heterocycles. The standard InChI is InChI=1S/C17H23ClO2/c1-3-20-17(9-5-6-13(2)12-17)16(19)11-14-7-4-8-15(18)10-14/h4,7-8,10,13H,3,5-6,9,11-12H2,1-2H3. The van der Waals surface area contributed by atoms with E-state index in [1.54, 1.807) is 0 Å². The Kier molecular flexibility index (Phi) is 5.22. The fourth-order valence-electron chi connectivity index (χ4n) is 3.24. The summed E-state index contributed by atoms with van der Waals surface area (Å²) in [6.07, 6.45) is 4.37. The summed E-state index contributed by atoms with van der Waals surface area (Å²) in [5.41, 5.74) is 0.397. The van der Waals surface area contributed by atoms with Gasteiger partial charge >= 0.3 is 0 Å². The molecule has 1 aromatic rings. The van der Waals surface area contributed by atoms with Gasteiger partial charge in [0.2, 0.25) is 0 Å². The van der Waals surface area contributed by atoms with Crippen LogP contribution in [0.25, 0.3) is 0 Å². The number of carbonyl (C=O) groups excluding carboxylic acids is 1. The average Bonchev–Trinajstić information content (AvgIpc) is 2.39. The predicted octanol–water partition coefficient (Wildman–Crippen LogP) is 4.44. The Morgan fingerprint density at radius 2 is 2.30 bits per heavy atom. The Morgan fingerprint density at radius 1 is 1.50 bits per heavy atom. The predicted molar refractivity (Wildman–Crippen MR) is 82.2 cm³/mol. The maximum atomic E-state index is 12.8. The van der Waals surface area contributed by atoms with Crippen LogP contribution in [0.2, 0.25) is 5.02 Å². The van der Waals surface area contributed by atoms with Crippen molar-refractivity contribution in [1.82, 2.24) is 0 Å². The summed E-state index contributed by atoms with van der Waals surface area (Å²) in [7, 11) is 0. The molecule has 2 rings (SSSR count). The average molecular weight is 295 g/mol. The van der Waals surface area contributed by atoms with Crippen molar-refractivity contribution in [2.24, 2.45) is 5.92 Å². The number of hydrogen-bond donors (Lipinski definition) is 0. The second-order valence-electron chi connectivity index (χ2n) is 5.86. The van der Waals surface area contributed by atoms with Crippen molar-refractivity contribution in [3.05, 3.63) is 34.9 Å². The van der Waals surface area contributed by atoms with Crippen molar-refractivity contribution in [2.45, 2.75) is 51.6 Å². The van der Waals surface area contributed by atoms with Crippen LogP contribution in [0, 0.1) is 5.92 Å². The normalized spacial score (nSPS) is 26.4. The Bertz CT molecular complexity index is 468. The van der Waals surface area contributed by atoms with E-state index in [1.165, 1.54) is 6.42 Å². The number of halogens is 1. The number of hydrogen-bond acceptors (Lipinski definition) is 2. The zero-order valence-corrected chi connectivity index (χ0v) is 13.1. The van der Waals surface area contributed by atoms with E-state index >= 15 is 0 Å². The van der Waals surface area contributed by atoms with E-state index in [4.69, 9.17) is 16.3 Å². The lowest BCUT2D eigenvalue weighted by Crippen LogP contribution is -2.46. The monoisotopic (exact) mass is 294 g/mol. The third kappa shape index (κ3) is 3.62. The molecule has 0 aromatic heterocycles. The molecule has 0 aliphatic heterocycles. The van der Waals surface area contributed by atoms with Gasteiger partial charge in [-0.1, -0.05) is 37.1 Å². The fourth-order valence-corrected chi connectivity index (χ4v) is 3.45. The molecule has 0 bridgehead atoms. The van der Waals surface area contributed by atoms with Gasteiger partial charge in [0.25, 0.3) is 0 Å². The third-order valence-corrected chi connectivity index (χ3v) is 4.37. The molecule has 1 aliphatic rings. The molecule has 0 amide bonds. The van der Waals surface area contributed by atoms with Gasteiger partial charge in [-0.3, -0.25) is 4.79 Å². The lowest BCUT2D eigenvalue weighted by Gasteiger charge is -2.38. The van der Waals surface area contributed by atoms with Crippen molar-refractivity contribution >= 4 is 17.4 Å². The summed E-state index contributed by atoms with van der Waals surface area (Å²) < 4.78 is 5.92. The first-order valence-corrected chi connectivity index (χ1v) is 7.85. The molecule has 2 nitrogen and oxygen atoms in total. The largest absolute Gasteiger partial charge is 0.367 e. The van der Waals surface area contributed by atoms with Crippen LogP contribution in [0.5, 0.6) is 0 Å². The lowest BCUT2D eigenvalue weighted by molar-refractivity contribution is -0.150. The van der Waals surface area contributed by atoms with Crippen LogP contribution < -0.4 is 0 Å². The number of carbonyl (C=O) groups is 1. The smallest absolute Gasteiger partial charge is 0.168 e. The van der Waals surface area contributed by atoms with Gasteiger partial charge in [0.1, 0.15) is 5.60 Å². The molecule has 20 heavy (non-hydrogen) atoms. The maximum Gasteiger partial charge on any atom is 0.168 e. The first-order chi connectivity index (χ1) is 9.55. The first-order valence-electron chi connectivity index (χ1n) is 7.47. The van der Waals surface area contributed by atoms with Gasteiger partial charge in [-0.2, -0.15) is 0 Å². The summed E-state index contributed by atoms with van der Waals surface area (Å²) in [5.74, 6) is 0.756. The third-order valence-electron chi connectivity index (χ3n) is 4.14. The van der Waals surface area contributed by atoms with Gasteiger partial charge < -0.3 is 4.74 Å². The van der Waals surface area contributed by atoms with Crippen LogP contribution in [-0.2, 0) is 16.0 Å². The fraction of sp³-hybridized carbons (Fsp3) is 0.588. The molecule has 2 atom stereocenters. The highest BCUT2D eigenvalue weighted by Crippen LogP contribution is 2.36. The van der Waals surface area contributed by atoms with Crippen LogP contribution in [0.3, 0.4) is 0 Å². The van der Waals surface area contributed by atoms with Crippen LogP contribution in [0.1, 0.15) is 45.1 Å². The highest BCUT2D eigenvalue weighted by atomic mass is 35.5. The topological polar surface area (TPSA) is 26.3 Å². The minimum absolute atomic E-state index is 0.202. The molecule has 1 aromatic carbocycles. The number of rotatable bonds is 5. The number of ether oxygens (including phenoxy) is 1. The van der Waals surface area contributed by atoms with E-state index in [9.17, 15) is 4.79 Å². The van der Waals surface area contributed by atoms with Crippen LogP contribution in [-0.4, -0.2) is 18.0 Å². The van der Waals surface area contributed by atoms with E-state index in [0.717, 1.165) is 24.8 Å². The maximum absolute atomic E-state index is 12.8. The Morgan fingerprint density at radius 3 is 2.95 bits per heavy atom. The molecule has 0 radical (unpaired) electrons. The van der Waals surface area contributed by atoms with Crippen molar-refractivity contribution in [3.63, 3.8) is 0 Å². The SMILES string of the molecule is CCOC1(C(=O)Cc2cccc(Cl)c2)CCCC(C)C1. The van der Waals surface area contributed by atoms with E-state index in [2.05, 4.69) is 6.92 Å². The first kappa shape index (κ1) is 15.5. The van der Waals surface area contributed by atoms with Gasteiger partial charge in [0.05, 0.1) is 0 Å². The Hall–Kier alpha value is -0.860. The van der Waals surface area contributed by atoms with Crippen molar-refractivity contribution in [3.8, 4) is 0 Å². The summed E-state index contributed by atoms with van der Waals surface area (Å²) >= 11 is 5.99. The highest BCUT2D eigenvalue weighted by molar-refractivity contribution is 6.30.